The van der Waals surface area contributed by atoms with Gasteiger partial charge in [-0.15, -0.1) is 0 Å². The van der Waals surface area contributed by atoms with E-state index in [0.717, 1.165) is 20.4 Å². The molecule has 1 N–H and O–H groups in total. The molecule has 0 aliphatic carbocycles. The number of rotatable bonds is 6. The minimum Gasteiger partial charge on any atom is -0.493 e. The zero-order valence-corrected chi connectivity index (χ0v) is 16.1. The monoisotopic (exact) mass is 437 g/mol. The third-order valence-electron chi connectivity index (χ3n) is 3.36. The number of halogens is 1. The van der Waals surface area contributed by atoms with E-state index >= 15 is 0 Å². The van der Waals surface area contributed by atoms with Crippen LogP contribution in [0.25, 0.3) is 6.08 Å². The SMILES string of the molecule is CCOc1ccc(/C=C/C(=O)Nc2ccc(I)cc2C)cc1OC. The fourth-order valence-corrected chi connectivity index (χ4v) is 2.82. The number of methoxy groups -OCH3 is 1. The summed E-state index contributed by atoms with van der Waals surface area (Å²) >= 11 is 2.25. The molecule has 0 aliphatic heterocycles. The Balaban J connectivity index is 2.08. The minimum atomic E-state index is -0.174. The Bertz CT molecular complexity index is 756. The number of ether oxygens (including phenoxy) is 2. The normalized spacial score (nSPS) is 10.7. The van der Waals surface area contributed by atoms with Crippen LogP contribution >= 0.6 is 22.6 Å². The van der Waals surface area contributed by atoms with Crippen LogP contribution in [-0.4, -0.2) is 19.6 Å². The van der Waals surface area contributed by atoms with Gasteiger partial charge >= 0.3 is 0 Å². The Morgan fingerprint density at radius 2 is 2.00 bits per heavy atom. The number of aryl methyl sites for hydroxylation is 1. The van der Waals surface area contributed by atoms with Crippen LogP contribution in [0.1, 0.15) is 18.1 Å². The Morgan fingerprint density at radius 3 is 2.67 bits per heavy atom. The molecule has 126 valence electrons. The van der Waals surface area contributed by atoms with Crippen LogP contribution in [0.3, 0.4) is 0 Å². The molecule has 2 rings (SSSR count). The minimum absolute atomic E-state index is 0.174. The van der Waals surface area contributed by atoms with E-state index in [0.29, 0.717) is 18.1 Å². The topological polar surface area (TPSA) is 47.6 Å². The Labute approximate surface area is 156 Å². The molecule has 0 saturated heterocycles. The second kappa shape index (κ2) is 8.73. The van der Waals surface area contributed by atoms with Crippen LogP contribution < -0.4 is 14.8 Å². The van der Waals surface area contributed by atoms with E-state index in [-0.39, 0.29) is 5.91 Å². The highest BCUT2D eigenvalue weighted by molar-refractivity contribution is 14.1. The number of benzene rings is 2. The van der Waals surface area contributed by atoms with E-state index in [4.69, 9.17) is 9.47 Å². The molecular formula is C19H20INO3. The zero-order valence-electron chi connectivity index (χ0n) is 13.9. The van der Waals surface area contributed by atoms with Crippen molar-refractivity contribution in [2.24, 2.45) is 0 Å². The summed E-state index contributed by atoms with van der Waals surface area (Å²) in [5, 5.41) is 2.88. The number of hydrogen-bond acceptors (Lipinski definition) is 3. The molecule has 0 atom stereocenters. The van der Waals surface area contributed by atoms with Gasteiger partial charge in [0.1, 0.15) is 0 Å². The highest BCUT2D eigenvalue weighted by Crippen LogP contribution is 2.28. The third-order valence-corrected chi connectivity index (χ3v) is 4.03. The number of carbonyl (C=O) groups is 1. The number of hydrogen-bond donors (Lipinski definition) is 1. The first kappa shape index (κ1) is 18.3. The maximum absolute atomic E-state index is 12.1. The molecule has 0 unspecified atom stereocenters. The molecule has 0 fully saturated rings. The predicted octanol–water partition coefficient (Wildman–Crippen LogP) is 4.66. The van der Waals surface area contributed by atoms with Crippen LogP contribution in [0.5, 0.6) is 11.5 Å². The Hall–Kier alpha value is -2.02. The van der Waals surface area contributed by atoms with E-state index < -0.39 is 0 Å². The number of anilines is 1. The van der Waals surface area contributed by atoms with Crippen LogP contribution in [0.4, 0.5) is 5.69 Å². The molecule has 5 heteroatoms. The first-order valence-electron chi connectivity index (χ1n) is 7.59. The van der Waals surface area contributed by atoms with Crippen molar-refractivity contribution >= 4 is 40.3 Å². The fraction of sp³-hybridized carbons (Fsp3) is 0.211. The van der Waals surface area contributed by atoms with Crippen molar-refractivity contribution in [3.63, 3.8) is 0 Å². The zero-order chi connectivity index (χ0) is 17.5. The molecule has 0 radical (unpaired) electrons. The average molecular weight is 437 g/mol. The summed E-state index contributed by atoms with van der Waals surface area (Å²) in [6.45, 7) is 4.46. The summed E-state index contributed by atoms with van der Waals surface area (Å²) in [7, 11) is 1.59. The molecule has 2 aromatic rings. The van der Waals surface area contributed by atoms with Crippen molar-refractivity contribution in [1.29, 1.82) is 0 Å². The number of amides is 1. The molecule has 0 spiro atoms. The molecule has 0 bridgehead atoms. The van der Waals surface area contributed by atoms with Gasteiger partial charge in [0.25, 0.3) is 0 Å². The number of carbonyl (C=O) groups excluding carboxylic acids is 1. The van der Waals surface area contributed by atoms with Crippen LogP contribution in [0, 0.1) is 10.5 Å². The summed E-state index contributed by atoms with van der Waals surface area (Å²) in [5.41, 5.74) is 2.71. The van der Waals surface area contributed by atoms with Crippen molar-refractivity contribution in [3.05, 3.63) is 57.2 Å². The maximum atomic E-state index is 12.1. The van der Waals surface area contributed by atoms with E-state index in [9.17, 15) is 4.79 Å². The van der Waals surface area contributed by atoms with Crippen molar-refractivity contribution in [2.75, 3.05) is 19.0 Å². The molecule has 24 heavy (non-hydrogen) atoms. The molecule has 4 nitrogen and oxygen atoms in total. The van der Waals surface area contributed by atoms with E-state index in [1.807, 2.05) is 50.2 Å². The predicted molar refractivity (Wildman–Crippen MR) is 106 cm³/mol. The van der Waals surface area contributed by atoms with Gasteiger partial charge in [-0.25, -0.2) is 0 Å². The van der Waals surface area contributed by atoms with Crippen molar-refractivity contribution in [1.82, 2.24) is 0 Å². The van der Waals surface area contributed by atoms with E-state index in [1.54, 1.807) is 13.2 Å². The lowest BCUT2D eigenvalue weighted by atomic mass is 10.1. The summed E-state index contributed by atoms with van der Waals surface area (Å²) in [6, 6.07) is 11.5. The van der Waals surface area contributed by atoms with Crippen molar-refractivity contribution < 1.29 is 14.3 Å². The van der Waals surface area contributed by atoms with Crippen molar-refractivity contribution in [2.45, 2.75) is 13.8 Å². The summed E-state index contributed by atoms with van der Waals surface area (Å²) in [5.74, 6) is 1.16. The standard InChI is InChI=1S/C19H20INO3/c1-4-24-17-9-5-14(12-18(17)23-3)6-10-19(22)21-16-8-7-15(20)11-13(16)2/h5-12H,4H2,1-3H3,(H,21,22)/b10-6+. The van der Waals surface area contributed by atoms with Gasteiger partial charge in [0, 0.05) is 15.3 Å². The summed E-state index contributed by atoms with van der Waals surface area (Å²) < 4.78 is 11.9. The Morgan fingerprint density at radius 1 is 1.21 bits per heavy atom. The molecule has 0 saturated carbocycles. The number of nitrogens with one attached hydrogen (secondary N) is 1. The Kier molecular flexibility index (Phi) is 6.66. The lowest BCUT2D eigenvalue weighted by Crippen LogP contribution is -2.08. The summed E-state index contributed by atoms with van der Waals surface area (Å²) in [4.78, 5) is 12.1. The second-order valence-corrected chi connectivity index (χ2v) is 6.37. The van der Waals surface area contributed by atoms with Gasteiger partial charge in [-0.2, -0.15) is 0 Å². The van der Waals surface area contributed by atoms with Crippen LogP contribution in [0.2, 0.25) is 0 Å². The lowest BCUT2D eigenvalue weighted by Gasteiger charge is -2.09. The van der Waals surface area contributed by atoms with Crippen molar-refractivity contribution in [3.8, 4) is 11.5 Å². The van der Waals surface area contributed by atoms with Gasteiger partial charge in [0.15, 0.2) is 11.5 Å². The van der Waals surface area contributed by atoms with E-state index in [2.05, 4.69) is 27.9 Å². The fourth-order valence-electron chi connectivity index (χ4n) is 2.18. The first-order valence-corrected chi connectivity index (χ1v) is 8.67. The van der Waals surface area contributed by atoms with Gasteiger partial charge in [0.2, 0.25) is 5.91 Å². The maximum Gasteiger partial charge on any atom is 0.248 e. The smallest absolute Gasteiger partial charge is 0.248 e. The molecule has 0 aliphatic rings. The van der Waals surface area contributed by atoms with Gasteiger partial charge in [-0.1, -0.05) is 6.07 Å². The molecule has 0 aromatic heterocycles. The summed E-state index contributed by atoms with van der Waals surface area (Å²) in [6.07, 6.45) is 3.25. The van der Waals surface area contributed by atoms with Gasteiger partial charge in [-0.3, -0.25) is 4.79 Å². The van der Waals surface area contributed by atoms with Gasteiger partial charge in [-0.05, 0) is 84.0 Å². The highest BCUT2D eigenvalue weighted by Gasteiger charge is 2.05. The molecular weight excluding hydrogens is 417 g/mol. The quantitative estimate of drug-likeness (QED) is 0.529. The second-order valence-electron chi connectivity index (χ2n) is 5.13. The average Bonchev–Trinajstić information content (AvgIpc) is 2.56. The molecule has 0 heterocycles. The van der Waals surface area contributed by atoms with Gasteiger partial charge < -0.3 is 14.8 Å². The van der Waals surface area contributed by atoms with Crippen LogP contribution in [0.15, 0.2) is 42.5 Å². The van der Waals surface area contributed by atoms with E-state index in [1.165, 1.54) is 6.08 Å². The first-order chi connectivity index (χ1) is 11.5. The molecule has 2 aromatic carbocycles. The molecule has 1 amide bonds. The lowest BCUT2D eigenvalue weighted by molar-refractivity contribution is -0.111. The van der Waals surface area contributed by atoms with Gasteiger partial charge in [0.05, 0.1) is 13.7 Å². The van der Waals surface area contributed by atoms with Crippen LogP contribution in [-0.2, 0) is 4.79 Å². The largest absolute Gasteiger partial charge is 0.493 e. The highest BCUT2D eigenvalue weighted by atomic mass is 127. The third kappa shape index (κ3) is 4.99.